The number of pyridine rings is 1. The van der Waals surface area contributed by atoms with Gasteiger partial charge in [-0.25, -0.2) is 27.9 Å². The SMILES string of the molecule is Cc1ccn2nc([C@H]3c4nc[nH]c4CCN3C(=O)c3nc(C(F)F)nn3C)cc2c1. The molecule has 0 aliphatic carbocycles. The van der Waals surface area contributed by atoms with Crippen LogP contribution in [-0.4, -0.2) is 51.7 Å². The van der Waals surface area contributed by atoms with E-state index in [2.05, 4.69) is 25.1 Å². The van der Waals surface area contributed by atoms with Crippen LogP contribution >= 0.6 is 0 Å². The summed E-state index contributed by atoms with van der Waals surface area (Å²) in [5, 5.41) is 8.31. The molecule has 0 saturated heterocycles. The van der Waals surface area contributed by atoms with E-state index in [-0.39, 0.29) is 5.82 Å². The summed E-state index contributed by atoms with van der Waals surface area (Å²) in [6.07, 6.45) is 1.15. The standard InChI is InChI=1S/C19H18F2N8O/c1-10-3-6-29-11(7-10)8-13(25-29)15-14-12(22-9-23-14)4-5-28(15)19(30)18-24-17(16(20)21)26-27(18)2/h3,6-9,15-16H,4-5H2,1-2H3,(H,22,23)/t15-/m0/s1. The van der Waals surface area contributed by atoms with Crippen molar-refractivity contribution in [1.82, 2.24) is 39.2 Å². The number of imidazole rings is 1. The monoisotopic (exact) mass is 412 g/mol. The van der Waals surface area contributed by atoms with Crippen molar-refractivity contribution >= 4 is 11.4 Å². The van der Waals surface area contributed by atoms with Crippen molar-refractivity contribution in [1.29, 1.82) is 0 Å². The lowest BCUT2D eigenvalue weighted by atomic mass is 9.99. The fraction of sp³-hybridized carbons (Fsp3) is 0.316. The molecule has 0 fully saturated rings. The summed E-state index contributed by atoms with van der Waals surface area (Å²) in [7, 11) is 1.43. The molecule has 11 heteroatoms. The van der Waals surface area contributed by atoms with Gasteiger partial charge < -0.3 is 9.88 Å². The molecule has 0 spiro atoms. The number of alkyl halides is 2. The van der Waals surface area contributed by atoms with Crippen molar-refractivity contribution in [3.63, 3.8) is 0 Å². The Balaban J connectivity index is 1.60. The van der Waals surface area contributed by atoms with Gasteiger partial charge in [-0.1, -0.05) is 0 Å². The van der Waals surface area contributed by atoms with Crippen LogP contribution in [0, 0.1) is 6.92 Å². The van der Waals surface area contributed by atoms with E-state index in [0.29, 0.717) is 24.4 Å². The van der Waals surface area contributed by atoms with Gasteiger partial charge in [-0.2, -0.15) is 5.10 Å². The molecule has 1 N–H and O–H groups in total. The Bertz CT molecular complexity index is 1260. The van der Waals surface area contributed by atoms with Crippen molar-refractivity contribution in [2.24, 2.45) is 7.05 Å². The number of halogens is 2. The Hall–Kier alpha value is -3.63. The maximum atomic E-state index is 13.3. The van der Waals surface area contributed by atoms with Crippen molar-refractivity contribution in [2.45, 2.75) is 25.8 Å². The highest BCUT2D eigenvalue weighted by Crippen LogP contribution is 2.34. The first-order chi connectivity index (χ1) is 14.4. The van der Waals surface area contributed by atoms with Crippen LogP contribution in [0.25, 0.3) is 5.52 Å². The van der Waals surface area contributed by atoms with Crippen LogP contribution in [0.2, 0.25) is 0 Å². The van der Waals surface area contributed by atoms with E-state index in [4.69, 9.17) is 0 Å². The lowest BCUT2D eigenvalue weighted by Gasteiger charge is -2.33. The van der Waals surface area contributed by atoms with Crippen LogP contribution in [0.15, 0.2) is 30.7 Å². The fourth-order valence-corrected chi connectivity index (χ4v) is 3.87. The van der Waals surface area contributed by atoms with Crippen molar-refractivity contribution in [3.05, 3.63) is 65.0 Å². The van der Waals surface area contributed by atoms with Gasteiger partial charge in [0, 0.05) is 31.9 Å². The third kappa shape index (κ3) is 2.85. The minimum atomic E-state index is -2.85. The lowest BCUT2D eigenvalue weighted by molar-refractivity contribution is 0.0669. The summed E-state index contributed by atoms with van der Waals surface area (Å²) in [5.74, 6) is -1.31. The van der Waals surface area contributed by atoms with Crippen LogP contribution in [0.4, 0.5) is 8.78 Å². The average Bonchev–Trinajstić information content (AvgIpc) is 3.43. The van der Waals surface area contributed by atoms with Gasteiger partial charge in [0.15, 0.2) is 0 Å². The quantitative estimate of drug-likeness (QED) is 0.557. The molecule has 0 saturated carbocycles. The number of nitrogens with one attached hydrogen (secondary N) is 1. The number of carbonyl (C=O) groups is 1. The molecular formula is C19H18F2N8O. The highest BCUT2D eigenvalue weighted by Gasteiger charge is 2.38. The third-order valence-electron chi connectivity index (χ3n) is 5.27. The van der Waals surface area contributed by atoms with Gasteiger partial charge in [-0.05, 0) is 30.7 Å². The van der Waals surface area contributed by atoms with Crippen molar-refractivity contribution < 1.29 is 13.6 Å². The highest BCUT2D eigenvalue weighted by atomic mass is 19.3. The Kier molecular flexibility index (Phi) is 4.12. The second kappa shape index (κ2) is 6.71. The van der Waals surface area contributed by atoms with Gasteiger partial charge in [0.25, 0.3) is 12.3 Å². The number of nitrogens with zero attached hydrogens (tertiary/aromatic N) is 7. The zero-order valence-corrected chi connectivity index (χ0v) is 16.3. The van der Waals surface area contributed by atoms with Crippen LogP contribution in [-0.2, 0) is 13.5 Å². The van der Waals surface area contributed by atoms with Crippen molar-refractivity contribution in [2.75, 3.05) is 6.54 Å². The zero-order chi connectivity index (χ0) is 21.0. The molecule has 0 radical (unpaired) electrons. The predicted octanol–water partition coefficient (Wildman–Crippen LogP) is 2.22. The first kappa shape index (κ1) is 18.4. The van der Waals surface area contributed by atoms with Gasteiger partial charge in [0.05, 0.1) is 23.2 Å². The van der Waals surface area contributed by atoms with E-state index in [9.17, 15) is 13.6 Å². The number of aryl methyl sites for hydroxylation is 2. The Morgan fingerprint density at radius 3 is 2.90 bits per heavy atom. The average molecular weight is 412 g/mol. The van der Waals surface area contributed by atoms with E-state index in [1.165, 1.54) is 7.05 Å². The molecule has 0 unspecified atom stereocenters. The van der Waals surface area contributed by atoms with E-state index in [0.717, 1.165) is 21.5 Å². The Labute approximate surface area is 169 Å². The van der Waals surface area contributed by atoms with Crippen LogP contribution in [0.5, 0.6) is 0 Å². The first-order valence-electron chi connectivity index (χ1n) is 9.40. The molecule has 0 aromatic carbocycles. The molecule has 1 atom stereocenters. The second-order valence-electron chi connectivity index (χ2n) is 7.28. The molecule has 1 aliphatic heterocycles. The second-order valence-corrected chi connectivity index (χ2v) is 7.28. The number of amides is 1. The molecular weight excluding hydrogens is 394 g/mol. The number of hydrogen-bond acceptors (Lipinski definition) is 5. The molecule has 4 aromatic heterocycles. The van der Waals surface area contributed by atoms with Crippen LogP contribution in [0.3, 0.4) is 0 Å². The van der Waals surface area contributed by atoms with Gasteiger partial charge >= 0.3 is 0 Å². The summed E-state index contributed by atoms with van der Waals surface area (Å²) in [4.78, 5) is 26.2. The van der Waals surface area contributed by atoms with Gasteiger partial charge in [-0.15, -0.1) is 5.10 Å². The predicted molar refractivity (Wildman–Crippen MR) is 101 cm³/mol. The first-order valence-corrected chi connectivity index (χ1v) is 9.40. The fourth-order valence-electron chi connectivity index (χ4n) is 3.87. The van der Waals surface area contributed by atoms with Crippen molar-refractivity contribution in [3.8, 4) is 0 Å². The number of hydrogen-bond donors (Lipinski definition) is 1. The smallest absolute Gasteiger partial charge is 0.299 e. The molecule has 30 heavy (non-hydrogen) atoms. The lowest BCUT2D eigenvalue weighted by Crippen LogP contribution is -2.42. The molecule has 9 nitrogen and oxygen atoms in total. The van der Waals surface area contributed by atoms with E-state index >= 15 is 0 Å². The third-order valence-corrected chi connectivity index (χ3v) is 5.27. The summed E-state index contributed by atoms with van der Waals surface area (Å²) in [6.45, 7) is 2.35. The largest absolute Gasteiger partial charge is 0.348 e. The number of carbonyl (C=O) groups excluding carboxylic acids is 1. The maximum Gasteiger partial charge on any atom is 0.299 e. The zero-order valence-electron chi connectivity index (χ0n) is 16.3. The summed E-state index contributed by atoms with van der Waals surface area (Å²) >= 11 is 0. The van der Waals surface area contributed by atoms with Crippen LogP contribution < -0.4 is 0 Å². The number of rotatable bonds is 3. The number of aromatic amines is 1. The minimum absolute atomic E-state index is 0.145. The number of H-pyrrole nitrogens is 1. The van der Waals surface area contributed by atoms with Crippen LogP contribution in [0.1, 0.15) is 51.6 Å². The molecule has 1 amide bonds. The molecule has 5 rings (SSSR count). The van der Waals surface area contributed by atoms with E-state index < -0.39 is 24.2 Å². The maximum absolute atomic E-state index is 13.3. The molecule has 5 heterocycles. The topological polar surface area (TPSA) is 97.0 Å². The van der Waals surface area contributed by atoms with Gasteiger partial charge in [0.1, 0.15) is 6.04 Å². The summed E-state index contributed by atoms with van der Waals surface area (Å²) in [6, 6.07) is 5.27. The Morgan fingerprint density at radius 1 is 1.30 bits per heavy atom. The number of fused-ring (bicyclic) bond motifs is 2. The summed E-state index contributed by atoms with van der Waals surface area (Å²) < 4.78 is 28.9. The molecule has 154 valence electrons. The minimum Gasteiger partial charge on any atom is -0.348 e. The number of aromatic nitrogens is 7. The highest BCUT2D eigenvalue weighted by molar-refractivity contribution is 5.91. The Morgan fingerprint density at radius 2 is 2.13 bits per heavy atom. The van der Waals surface area contributed by atoms with Gasteiger partial charge in [0.2, 0.25) is 11.6 Å². The van der Waals surface area contributed by atoms with Gasteiger partial charge in [-0.3, -0.25) is 4.79 Å². The molecule has 1 aliphatic rings. The summed E-state index contributed by atoms with van der Waals surface area (Å²) in [5.41, 5.74) is 4.22. The molecule has 0 bridgehead atoms. The molecule has 4 aromatic rings. The normalized spacial score (nSPS) is 16.4. The van der Waals surface area contributed by atoms with E-state index in [1.807, 2.05) is 31.3 Å². The van der Waals surface area contributed by atoms with E-state index in [1.54, 1.807) is 15.7 Å².